The van der Waals surface area contributed by atoms with Crippen LogP contribution in [0.25, 0.3) is 11.0 Å². The van der Waals surface area contributed by atoms with Crippen molar-refractivity contribution in [1.82, 2.24) is 14.0 Å². The zero-order valence-electron chi connectivity index (χ0n) is 18.7. The van der Waals surface area contributed by atoms with Gasteiger partial charge in [0.05, 0.1) is 30.8 Å². The van der Waals surface area contributed by atoms with Gasteiger partial charge in [0, 0.05) is 38.0 Å². The number of amides is 1. The summed E-state index contributed by atoms with van der Waals surface area (Å²) in [7, 11) is 0. The Morgan fingerprint density at radius 3 is 2.06 bits per heavy atom. The van der Waals surface area contributed by atoms with E-state index in [0.29, 0.717) is 56.8 Å². The number of piperidine rings is 1. The van der Waals surface area contributed by atoms with Gasteiger partial charge in [-0.05, 0) is 36.8 Å². The summed E-state index contributed by atoms with van der Waals surface area (Å²) in [5.41, 5.74) is 1.81. The molecule has 33 heavy (non-hydrogen) atoms. The summed E-state index contributed by atoms with van der Waals surface area (Å²) in [6.07, 6.45) is 1.35. The molecule has 0 bridgehead atoms. The maximum absolute atomic E-state index is 13.0. The quantitative estimate of drug-likeness (QED) is 0.571. The summed E-state index contributed by atoms with van der Waals surface area (Å²) >= 11 is 0. The van der Waals surface area contributed by atoms with E-state index in [9.17, 15) is 14.4 Å². The van der Waals surface area contributed by atoms with E-state index in [1.807, 2.05) is 48.2 Å². The van der Waals surface area contributed by atoms with Gasteiger partial charge in [-0.25, -0.2) is 0 Å². The minimum Gasteiger partial charge on any atom is -0.347 e. The van der Waals surface area contributed by atoms with Gasteiger partial charge in [-0.2, -0.15) is 0 Å². The van der Waals surface area contributed by atoms with E-state index in [4.69, 9.17) is 9.47 Å². The van der Waals surface area contributed by atoms with Crippen LogP contribution in [0.15, 0.2) is 58.1 Å². The van der Waals surface area contributed by atoms with Crippen LogP contribution < -0.4 is 11.1 Å². The van der Waals surface area contributed by atoms with Gasteiger partial charge in [-0.3, -0.25) is 19.0 Å². The van der Waals surface area contributed by atoms with Crippen LogP contribution in [0, 0.1) is 0 Å². The molecule has 0 N–H and O–H groups in total. The number of hydrogen-bond donors (Lipinski definition) is 0. The van der Waals surface area contributed by atoms with Crippen LogP contribution in [0.4, 0.5) is 0 Å². The number of carbonyl (C=O) groups excluding carboxylic acids is 1. The lowest BCUT2D eigenvalue weighted by Crippen LogP contribution is -2.47. The number of aromatic nitrogens is 2. The van der Waals surface area contributed by atoms with Crippen LogP contribution in [0.2, 0.25) is 0 Å². The van der Waals surface area contributed by atoms with Crippen molar-refractivity contribution in [3.05, 3.63) is 80.4 Å². The van der Waals surface area contributed by atoms with Crippen LogP contribution >= 0.6 is 0 Å². The first-order valence-corrected chi connectivity index (χ1v) is 11.4. The molecule has 2 aromatic carbocycles. The predicted octanol–water partition coefficient (Wildman–Crippen LogP) is 2.21. The number of aryl methyl sites for hydroxylation is 1. The second-order valence-corrected chi connectivity index (χ2v) is 8.53. The van der Waals surface area contributed by atoms with Crippen LogP contribution in [0.1, 0.15) is 35.7 Å². The smallest absolute Gasteiger partial charge is 0.317 e. The molecule has 2 aliphatic heterocycles. The molecule has 8 nitrogen and oxygen atoms in total. The Morgan fingerprint density at radius 1 is 0.879 bits per heavy atom. The highest BCUT2D eigenvalue weighted by atomic mass is 16.7. The highest BCUT2D eigenvalue weighted by Crippen LogP contribution is 2.31. The summed E-state index contributed by atoms with van der Waals surface area (Å²) in [5.74, 6) is -0.537. The number of para-hydroxylation sites is 2. The van der Waals surface area contributed by atoms with Gasteiger partial charge in [0.1, 0.15) is 0 Å². The van der Waals surface area contributed by atoms with Crippen molar-refractivity contribution < 1.29 is 14.3 Å². The molecule has 172 valence electrons. The third kappa shape index (κ3) is 3.89. The fourth-order valence-electron chi connectivity index (χ4n) is 4.80. The molecule has 1 amide bonds. The van der Waals surface area contributed by atoms with Crippen molar-refractivity contribution in [2.75, 3.05) is 26.3 Å². The molecule has 0 radical (unpaired) electrons. The minimum atomic E-state index is -0.547. The number of fused-ring (bicyclic) bond motifs is 1. The van der Waals surface area contributed by atoms with Gasteiger partial charge in [-0.1, -0.05) is 24.3 Å². The van der Waals surface area contributed by atoms with Crippen molar-refractivity contribution in [1.29, 1.82) is 0 Å². The molecule has 1 spiro atoms. The zero-order valence-corrected chi connectivity index (χ0v) is 18.7. The van der Waals surface area contributed by atoms with Crippen molar-refractivity contribution >= 4 is 16.9 Å². The molecule has 0 aliphatic carbocycles. The average Bonchev–Trinajstić information content (AvgIpc) is 3.30. The van der Waals surface area contributed by atoms with E-state index in [1.54, 1.807) is 12.1 Å². The van der Waals surface area contributed by atoms with Crippen LogP contribution in [-0.2, 0) is 22.6 Å². The van der Waals surface area contributed by atoms with Crippen molar-refractivity contribution in [2.45, 2.75) is 38.6 Å². The Hall–Kier alpha value is -3.23. The molecule has 0 unspecified atom stereocenters. The maximum Gasteiger partial charge on any atom is 0.317 e. The Kier molecular flexibility index (Phi) is 5.64. The van der Waals surface area contributed by atoms with E-state index in [1.165, 1.54) is 9.13 Å². The van der Waals surface area contributed by atoms with Crippen molar-refractivity contribution in [2.24, 2.45) is 0 Å². The molecule has 2 saturated heterocycles. The highest BCUT2D eigenvalue weighted by molar-refractivity contribution is 5.94. The van der Waals surface area contributed by atoms with E-state index in [-0.39, 0.29) is 12.5 Å². The van der Waals surface area contributed by atoms with Crippen LogP contribution in [0.3, 0.4) is 0 Å². The second kappa shape index (κ2) is 8.61. The van der Waals surface area contributed by atoms with Gasteiger partial charge in [0.2, 0.25) is 0 Å². The molecule has 3 aromatic rings. The Labute approximate surface area is 191 Å². The summed E-state index contributed by atoms with van der Waals surface area (Å²) in [6, 6.07) is 14.7. The lowest BCUT2D eigenvalue weighted by Gasteiger charge is -2.37. The average molecular weight is 450 g/mol. The lowest BCUT2D eigenvalue weighted by molar-refractivity contribution is -0.181. The Balaban J connectivity index is 1.35. The number of rotatable bonds is 4. The number of benzene rings is 2. The number of carbonyl (C=O) groups is 1. The van der Waals surface area contributed by atoms with Gasteiger partial charge in [-0.15, -0.1) is 0 Å². The summed E-state index contributed by atoms with van der Waals surface area (Å²) < 4.78 is 14.5. The maximum atomic E-state index is 13.0. The normalized spacial score (nSPS) is 17.7. The number of nitrogens with zero attached hydrogens (tertiary/aromatic N) is 3. The summed E-state index contributed by atoms with van der Waals surface area (Å²) in [4.78, 5) is 40.2. The Bertz CT molecular complexity index is 1290. The van der Waals surface area contributed by atoms with Gasteiger partial charge >= 0.3 is 11.1 Å². The first-order chi connectivity index (χ1) is 16.0. The van der Waals surface area contributed by atoms with E-state index >= 15 is 0 Å². The molecule has 2 fully saturated rings. The third-order valence-electron chi connectivity index (χ3n) is 6.62. The van der Waals surface area contributed by atoms with Gasteiger partial charge in [0.25, 0.3) is 5.91 Å². The van der Waals surface area contributed by atoms with E-state index in [2.05, 4.69) is 0 Å². The van der Waals surface area contributed by atoms with Crippen LogP contribution in [-0.4, -0.2) is 52.0 Å². The zero-order chi connectivity index (χ0) is 23.0. The Morgan fingerprint density at radius 2 is 1.45 bits per heavy atom. The fraction of sp³-hybridized carbons (Fsp3) is 0.400. The molecular formula is C25H27N3O5. The van der Waals surface area contributed by atoms with Gasteiger partial charge in [0.15, 0.2) is 5.79 Å². The van der Waals surface area contributed by atoms with Gasteiger partial charge < -0.3 is 18.9 Å². The third-order valence-corrected chi connectivity index (χ3v) is 6.62. The summed E-state index contributed by atoms with van der Waals surface area (Å²) in [6.45, 7) is 4.95. The van der Waals surface area contributed by atoms with E-state index in [0.717, 1.165) is 11.1 Å². The number of hydrogen-bond acceptors (Lipinski definition) is 5. The molecule has 1 aromatic heterocycles. The second-order valence-electron chi connectivity index (χ2n) is 8.53. The SMILES string of the molecule is CCn1c(=O)c(=O)n(Cc2ccc(C(=O)N3CCC4(CC3)OCCO4)cc2)c2ccccc21. The standard InChI is InChI=1S/C25H27N3O5/c1-2-27-20-5-3-4-6-21(20)28(24(31)23(27)30)17-18-7-9-19(10-8-18)22(29)26-13-11-25(12-14-26)32-15-16-33-25/h3-10H,2,11-17H2,1H3. The summed E-state index contributed by atoms with van der Waals surface area (Å²) in [5, 5.41) is 0. The van der Waals surface area contributed by atoms with E-state index < -0.39 is 16.9 Å². The molecule has 0 atom stereocenters. The lowest BCUT2D eigenvalue weighted by atomic mass is 10.0. The minimum absolute atomic E-state index is 0.0254. The molecular weight excluding hydrogens is 422 g/mol. The highest BCUT2D eigenvalue weighted by Gasteiger charge is 2.40. The molecule has 8 heteroatoms. The first-order valence-electron chi connectivity index (χ1n) is 11.4. The largest absolute Gasteiger partial charge is 0.347 e. The first kappa shape index (κ1) is 21.6. The number of likely N-dealkylation sites (tertiary alicyclic amines) is 1. The molecule has 3 heterocycles. The molecule has 0 saturated carbocycles. The monoisotopic (exact) mass is 449 g/mol. The number of ether oxygens (including phenoxy) is 2. The predicted molar refractivity (Wildman–Crippen MR) is 123 cm³/mol. The van der Waals surface area contributed by atoms with Crippen molar-refractivity contribution in [3.63, 3.8) is 0 Å². The van der Waals surface area contributed by atoms with Crippen molar-refractivity contribution in [3.8, 4) is 0 Å². The topological polar surface area (TPSA) is 82.8 Å². The fourth-order valence-corrected chi connectivity index (χ4v) is 4.80. The molecule has 2 aliphatic rings. The van der Waals surface area contributed by atoms with Crippen LogP contribution in [0.5, 0.6) is 0 Å². The molecule has 5 rings (SSSR count).